The van der Waals surface area contributed by atoms with Gasteiger partial charge in [-0.1, -0.05) is 220 Å². The van der Waals surface area contributed by atoms with E-state index in [1.807, 2.05) is 0 Å². The van der Waals surface area contributed by atoms with Crippen molar-refractivity contribution in [1.82, 2.24) is 0 Å². The summed E-state index contributed by atoms with van der Waals surface area (Å²) in [4.78, 5) is 5.19. The maximum atomic E-state index is 2.60. The summed E-state index contributed by atoms with van der Waals surface area (Å²) in [5.74, 6) is 0. The van der Waals surface area contributed by atoms with E-state index in [-0.39, 0.29) is 16.2 Å². The molecule has 0 heterocycles. The van der Waals surface area contributed by atoms with E-state index in [1.165, 1.54) is 93.8 Å². The zero-order valence-corrected chi connectivity index (χ0v) is 41.8. The standard InChI is InChI=1S/C66H64N2/c1-43-30-32-47(45-22-14-12-15-23-45)40-58(43)67(56-28-20-18-26-54(56)65(6,7)8)60-42-61(53-37-35-50-39-51(64(3,4)5)38-49-34-36-52(60)63(53)62(49)50)68(57-29-21-19-27-55(57)66(9,10)11)59-41-48(33-31-44(59)2)46-24-16-13-17-25-46/h12-42H,1-11H3. The van der Waals surface area contributed by atoms with Gasteiger partial charge in [0.2, 0.25) is 0 Å². The van der Waals surface area contributed by atoms with E-state index in [4.69, 9.17) is 0 Å². The van der Waals surface area contributed by atoms with Crippen LogP contribution in [0.4, 0.5) is 34.1 Å². The Hall–Kier alpha value is -7.16. The molecular formula is C66H64N2. The van der Waals surface area contributed by atoms with Crippen LogP contribution in [-0.4, -0.2) is 0 Å². The number of nitrogens with zero attached hydrogens (tertiary/aromatic N) is 2. The van der Waals surface area contributed by atoms with Gasteiger partial charge in [-0.2, -0.15) is 0 Å². The van der Waals surface area contributed by atoms with Crippen molar-refractivity contribution < 1.29 is 0 Å². The Balaban J connectivity index is 1.40. The Labute approximate surface area is 404 Å². The lowest BCUT2D eigenvalue weighted by Crippen LogP contribution is -2.22. The Kier molecular flexibility index (Phi) is 11.1. The van der Waals surface area contributed by atoms with Gasteiger partial charge in [-0.05, 0) is 127 Å². The molecule has 2 nitrogen and oxygen atoms in total. The maximum absolute atomic E-state index is 2.60. The second kappa shape index (κ2) is 16.9. The SMILES string of the molecule is Cc1ccc(-c2ccccc2)cc1N(c1ccccc1C(C)(C)C)c1cc(N(c2cc(-c3ccccc3)ccc2C)c2ccccc2C(C)(C)C)c2ccc3cc(C(C)(C)C)cc4ccc1c2c43. The lowest BCUT2D eigenvalue weighted by Gasteiger charge is -2.37. The molecule has 0 radical (unpaired) electrons. The van der Waals surface area contributed by atoms with Crippen molar-refractivity contribution >= 4 is 66.4 Å². The summed E-state index contributed by atoms with van der Waals surface area (Å²) in [6.07, 6.45) is 0. The molecule has 0 aliphatic heterocycles. The fourth-order valence-electron chi connectivity index (χ4n) is 10.4. The Morgan fingerprint density at radius 3 is 1.09 bits per heavy atom. The minimum absolute atomic E-state index is 0.00963. The van der Waals surface area contributed by atoms with E-state index >= 15 is 0 Å². The summed E-state index contributed by atoms with van der Waals surface area (Å²) >= 11 is 0. The van der Waals surface area contributed by atoms with Gasteiger partial charge in [-0.15, -0.1) is 0 Å². The largest absolute Gasteiger partial charge is 0.309 e. The fraction of sp³-hybridized carbons (Fsp3) is 0.212. The van der Waals surface area contributed by atoms with E-state index in [2.05, 4.69) is 274 Å². The van der Waals surface area contributed by atoms with Crippen LogP contribution in [0.1, 0.15) is 90.1 Å². The van der Waals surface area contributed by atoms with E-state index < -0.39 is 0 Å². The predicted octanol–water partition coefficient (Wildman–Crippen LogP) is 19.4. The van der Waals surface area contributed by atoms with Gasteiger partial charge < -0.3 is 9.80 Å². The van der Waals surface area contributed by atoms with Crippen LogP contribution in [-0.2, 0) is 16.2 Å². The molecule has 68 heavy (non-hydrogen) atoms. The van der Waals surface area contributed by atoms with Crippen LogP contribution in [0.5, 0.6) is 0 Å². The normalized spacial score (nSPS) is 12.3. The van der Waals surface area contributed by atoms with Crippen LogP contribution in [0.15, 0.2) is 188 Å². The molecule has 0 fully saturated rings. The van der Waals surface area contributed by atoms with Crippen molar-refractivity contribution in [1.29, 1.82) is 0 Å². The zero-order chi connectivity index (χ0) is 47.7. The van der Waals surface area contributed by atoms with Crippen molar-refractivity contribution in [2.24, 2.45) is 0 Å². The molecule has 2 heteroatoms. The third kappa shape index (κ3) is 8.00. The average Bonchev–Trinajstić information content (AvgIpc) is 3.32. The molecule has 0 unspecified atom stereocenters. The molecule has 0 aliphatic rings. The lowest BCUT2D eigenvalue weighted by molar-refractivity contribution is 0.591. The summed E-state index contributed by atoms with van der Waals surface area (Å²) in [6.45, 7) is 25.6. The first-order valence-electron chi connectivity index (χ1n) is 24.3. The Bertz CT molecular complexity index is 3250. The van der Waals surface area contributed by atoms with Crippen LogP contribution in [0.25, 0.3) is 54.6 Å². The molecule has 0 spiro atoms. The van der Waals surface area contributed by atoms with Gasteiger partial charge in [-0.25, -0.2) is 0 Å². The van der Waals surface area contributed by atoms with Crippen molar-refractivity contribution in [3.63, 3.8) is 0 Å². The van der Waals surface area contributed by atoms with Crippen molar-refractivity contribution in [3.05, 3.63) is 216 Å². The third-order valence-electron chi connectivity index (χ3n) is 14.0. The number of benzene rings is 10. The molecule has 0 atom stereocenters. The molecule has 0 aliphatic carbocycles. The summed E-state index contributed by atoms with van der Waals surface area (Å²) < 4.78 is 0. The van der Waals surface area contributed by atoms with E-state index in [0.29, 0.717) is 0 Å². The first kappa shape index (κ1) is 44.7. The molecule has 0 aromatic heterocycles. The van der Waals surface area contributed by atoms with Gasteiger partial charge >= 0.3 is 0 Å². The topological polar surface area (TPSA) is 6.48 Å². The van der Waals surface area contributed by atoms with Crippen LogP contribution in [0, 0.1) is 13.8 Å². The molecule has 0 saturated heterocycles. The number of aryl methyl sites for hydroxylation is 2. The number of para-hydroxylation sites is 2. The lowest BCUT2D eigenvalue weighted by atomic mass is 9.82. The summed E-state index contributed by atoms with van der Waals surface area (Å²) in [5.41, 5.74) is 17.7. The second-order valence-electron chi connectivity index (χ2n) is 22.0. The minimum atomic E-state index is -0.150. The molecule has 0 N–H and O–H groups in total. The van der Waals surface area contributed by atoms with E-state index in [1.54, 1.807) is 0 Å². The predicted molar refractivity (Wildman–Crippen MR) is 296 cm³/mol. The van der Waals surface area contributed by atoms with Crippen molar-refractivity contribution in [2.45, 2.75) is 92.4 Å². The monoisotopic (exact) mass is 885 g/mol. The fourth-order valence-corrected chi connectivity index (χ4v) is 10.4. The van der Waals surface area contributed by atoms with Gasteiger partial charge in [0, 0.05) is 38.9 Å². The Morgan fingerprint density at radius 1 is 0.294 bits per heavy atom. The van der Waals surface area contributed by atoms with Gasteiger partial charge in [0.05, 0.1) is 11.4 Å². The smallest absolute Gasteiger partial charge is 0.0561 e. The molecular weight excluding hydrogens is 821 g/mol. The first-order chi connectivity index (χ1) is 32.5. The quantitative estimate of drug-likeness (QED) is 0.140. The highest BCUT2D eigenvalue weighted by Crippen LogP contribution is 2.54. The minimum Gasteiger partial charge on any atom is -0.309 e. The molecule has 10 aromatic rings. The zero-order valence-electron chi connectivity index (χ0n) is 41.8. The molecule has 338 valence electrons. The molecule has 0 saturated carbocycles. The highest BCUT2D eigenvalue weighted by atomic mass is 15.2. The van der Waals surface area contributed by atoms with E-state index in [0.717, 1.165) is 22.7 Å². The van der Waals surface area contributed by atoms with Crippen molar-refractivity contribution in [2.75, 3.05) is 9.80 Å². The van der Waals surface area contributed by atoms with E-state index in [9.17, 15) is 0 Å². The number of rotatable bonds is 8. The maximum Gasteiger partial charge on any atom is 0.0561 e. The van der Waals surface area contributed by atoms with Crippen molar-refractivity contribution in [3.8, 4) is 22.3 Å². The summed E-state index contributed by atoms with van der Waals surface area (Å²) in [7, 11) is 0. The van der Waals surface area contributed by atoms with Gasteiger partial charge in [0.1, 0.15) is 0 Å². The van der Waals surface area contributed by atoms with Gasteiger partial charge in [0.25, 0.3) is 0 Å². The van der Waals surface area contributed by atoms with Gasteiger partial charge in [0.15, 0.2) is 0 Å². The van der Waals surface area contributed by atoms with Gasteiger partial charge in [-0.3, -0.25) is 0 Å². The third-order valence-corrected chi connectivity index (χ3v) is 14.0. The first-order valence-corrected chi connectivity index (χ1v) is 24.3. The second-order valence-corrected chi connectivity index (χ2v) is 22.0. The average molecular weight is 885 g/mol. The molecule has 10 rings (SSSR count). The highest BCUT2D eigenvalue weighted by Gasteiger charge is 2.31. The summed E-state index contributed by atoms with van der Waals surface area (Å²) in [6, 6.07) is 70.7. The molecule has 0 amide bonds. The number of hydrogen-bond donors (Lipinski definition) is 0. The molecule has 10 aromatic carbocycles. The van der Waals surface area contributed by atoms with Crippen LogP contribution in [0.3, 0.4) is 0 Å². The Morgan fingerprint density at radius 2 is 0.691 bits per heavy atom. The highest BCUT2D eigenvalue weighted by molar-refractivity contribution is 6.29. The number of hydrogen-bond acceptors (Lipinski definition) is 2. The molecule has 0 bridgehead atoms. The number of anilines is 6. The van der Waals surface area contributed by atoms with Crippen LogP contribution in [0.2, 0.25) is 0 Å². The van der Waals surface area contributed by atoms with Crippen LogP contribution >= 0.6 is 0 Å². The van der Waals surface area contributed by atoms with Crippen LogP contribution < -0.4 is 9.80 Å². The summed E-state index contributed by atoms with van der Waals surface area (Å²) in [5, 5.41) is 7.55.